The Hall–Kier alpha value is -0.650. The first-order valence-electron chi connectivity index (χ1n) is 5.22. The summed E-state index contributed by atoms with van der Waals surface area (Å²) in [5, 5.41) is 1.62. The van der Waals surface area contributed by atoms with E-state index < -0.39 is 5.41 Å². The molecule has 1 rings (SSSR count). The fraction of sp³-hybridized carbons (Fsp3) is 0.900. The van der Waals surface area contributed by atoms with Gasteiger partial charge in [-0.1, -0.05) is 0 Å². The normalized spacial score (nSPS) is 18.7. The van der Waals surface area contributed by atoms with Crippen LogP contribution in [0.3, 0.4) is 0 Å². The molecule has 1 saturated heterocycles. The molecule has 15 heavy (non-hydrogen) atoms. The van der Waals surface area contributed by atoms with Crippen LogP contribution in [-0.4, -0.2) is 43.4 Å². The van der Waals surface area contributed by atoms with Crippen LogP contribution >= 0.6 is 0 Å². The third-order valence-corrected chi connectivity index (χ3v) is 2.11. The Bertz CT molecular complexity index is 219. The van der Waals surface area contributed by atoms with Gasteiger partial charge in [-0.2, -0.15) is 0 Å². The van der Waals surface area contributed by atoms with Crippen LogP contribution < -0.4 is 5.73 Å². The Morgan fingerprint density at radius 1 is 1.47 bits per heavy atom. The zero-order valence-corrected chi connectivity index (χ0v) is 9.66. The highest BCUT2D eigenvalue weighted by molar-refractivity contribution is 5.75. The van der Waals surface area contributed by atoms with Gasteiger partial charge in [0.25, 0.3) is 0 Å². The highest BCUT2D eigenvalue weighted by atomic mass is 16.7. The first-order valence-corrected chi connectivity index (χ1v) is 5.22. The van der Waals surface area contributed by atoms with Crippen molar-refractivity contribution in [3.05, 3.63) is 0 Å². The van der Waals surface area contributed by atoms with Gasteiger partial charge in [-0.25, -0.2) is 4.79 Å². The highest BCUT2D eigenvalue weighted by Gasteiger charge is 2.33. The summed E-state index contributed by atoms with van der Waals surface area (Å²) in [6.45, 7) is 7.86. The van der Waals surface area contributed by atoms with Crippen LogP contribution in [0.5, 0.6) is 0 Å². The van der Waals surface area contributed by atoms with Gasteiger partial charge in [0.05, 0.1) is 31.2 Å². The Labute approximate surface area is 90.5 Å². The molecule has 0 aromatic heterocycles. The molecule has 0 aromatic rings. The number of rotatable bonds is 4. The Balaban J connectivity index is 2.15. The zero-order chi connectivity index (χ0) is 11.5. The topological polar surface area (TPSA) is 64.8 Å². The van der Waals surface area contributed by atoms with Crippen LogP contribution in [0, 0.1) is 5.41 Å². The van der Waals surface area contributed by atoms with E-state index in [9.17, 15) is 4.79 Å². The Kier molecular flexibility index (Phi) is 4.07. The van der Waals surface area contributed by atoms with E-state index in [0.717, 1.165) is 0 Å². The second kappa shape index (κ2) is 4.92. The standard InChI is InChI=1S/C10H20N2O3/c1-10(2,3)9(13)15-12-6-8(7-12)14-5-4-11/h8H,4-7,11H2,1-3H3. The minimum Gasteiger partial charge on any atom is -0.374 e. The molecule has 0 aromatic carbocycles. The smallest absolute Gasteiger partial charge is 0.330 e. The number of nitrogens with zero attached hydrogens (tertiary/aromatic N) is 1. The fourth-order valence-electron chi connectivity index (χ4n) is 1.07. The molecular formula is C10H20N2O3. The molecule has 0 saturated carbocycles. The van der Waals surface area contributed by atoms with E-state index in [4.69, 9.17) is 15.3 Å². The van der Waals surface area contributed by atoms with Gasteiger partial charge in [-0.05, 0) is 20.8 Å². The molecule has 0 radical (unpaired) electrons. The molecule has 5 nitrogen and oxygen atoms in total. The van der Waals surface area contributed by atoms with Crippen molar-refractivity contribution in [2.45, 2.75) is 26.9 Å². The molecule has 1 heterocycles. The van der Waals surface area contributed by atoms with Crippen molar-refractivity contribution in [2.24, 2.45) is 11.1 Å². The molecule has 5 heteroatoms. The minimum atomic E-state index is -0.455. The average molecular weight is 216 g/mol. The molecule has 2 N–H and O–H groups in total. The van der Waals surface area contributed by atoms with Crippen molar-refractivity contribution in [3.63, 3.8) is 0 Å². The fourth-order valence-corrected chi connectivity index (χ4v) is 1.07. The molecule has 0 atom stereocenters. The second-order valence-electron chi connectivity index (χ2n) is 4.76. The lowest BCUT2D eigenvalue weighted by atomic mass is 9.98. The third-order valence-electron chi connectivity index (χ3n) is 2.11. The van der Waals surface area contributed by atoms with Gasteiger partial charge in [0, 0.05) is 6.54 Å². The minimum absolute atomic E-state index is 0.154. The van der Waals surface area contributed by atoms with E-state index in [1.165, 1.54) is 0 Å². The number of nitrogens with two attached hydrogens (primary N) is 1. The average Bonchev–Trinajstić information content (AvgIpc) is 2.06. The van der Waals surface area contributed by atoms with Gasteiger partial charge in [-0.15, -0.1) is 5.06 Å². The van der Waals surface area contributed by atoms with Gasteiger partial charge < -0.3 is 15.3 Å². The van der Waals surface area contributed by atoms with Gasteiger partial charge in [0.1, 0.15) is 0 Å². The molecule has 0 amide bonds. The number of ether oxygens (including phenoxy) is 1. The molecule has 1 aliphatic heterocycles. The van der Waals surface area contributed by atoms with Gasteiger partial charge in [-0.3, -0.25) is 0 Å². The first-order chi connectivity index (χ1) is 6.93. The lowest BCUT2D eigenvalue weighted by molar-refractivity contribution is -0.244. The van der Waals surface area contributed by atoms with Crippen molar-refractivity contribution in [3.8, 4) is 0 Å². The molecule has 88 valence electrons. The predicted octanol–water partition coefficient (Wildman–Crippen LogP) is 0.150. The maximum absolute atomic E-state index is 11.5. The SMILES string of the molecule is CC(C)(C)C(=O)ON1CC(OCCN)C1. The van der Waals surface area contributed by atoms with E-state index in [-0.39, 0.29) is 12.1 Å². The van der Waals surface area contributed by atoms with Crippen LogP contribution in [0.15, 0.2) is 0 Å². The number of hydroxylamine groups is 2. The number of hydrogen-bond acceptors (Lipinski definition) is 5. The maximum Gasteiger partial charge on any atom is 0.330 e. The van der Waals surface area contributed by atoms with E-state index in [1.54, 1.807) is 5.06 Å². The van der Waals surface area contributed by atoms with Crippen molar-refractivity contribution < 1.29 is 14.4 Å². The van der Waals surface area contributed by atoms with Gasteiger partial charge in [0.15, 0.2) is 0 Å². The van der Waals surface area contributed by atoms with Crippen LogP contribution in [0.1, 0.15) is 20.8 Å². The molecule has 0 aliphatic carbocycles. The Morgan fingerprint density at radius 2 is 2.07 bits per heavy atom. The van der Waals surface area contributed by atoms with Crippen molar-refractivity contribution >= 4 is 5.97 Å². The summed E-state index contributed by atoms with van der Waals surface area (Å²) in [5.74, 6) is -0.209. The maximum atomic E-state index is 11.5. The van der Waals surface area contributed by atoms with E-state index in [0.29, 0.717) is 26.2 Å². The van der Waals surface area contributed by atoms with E-state index >= 15 is 0 Å². The van der Waals surface area contributed by atoms with Crippen LogP contribution in [0.25, 0.3) is 0 Å². The molecule has 0 unspecified atom stereocenters. The summed E-state index contributed by atoms with van der Waals surface area (Å²) < 4.78 is 5.37. The molecule has 1 fully saturated rings. The largest absolute Gasteiger partial charge is 0.374 e. The highest BCUT2D eigenvalue weighted by Crippen LogP contribution is 2.19. The lowest BCUT2D eigenvalue weighted by Gasteiger charge is -2.37. The van der Waals surface area contributed by atoms with Crippen molar-refractivity contribution in [1.29, 1.82) is 0 Å². The van der Waals surface area contributed by atoms with Crippen LogP contribution in [0.4, 0.5) is 0 Å². The summed E-state index contributed by atoms with van der Waals surface area (Å²) in [4.78, 5) is 16.6. The lowest BCUT2D eigenvalue weighted by Crippen LogP contribution is -2.53. The molecular weight excluding hydrogens is 196 g/mol. The van der Waals surface area contributed by atoms with Crippen LogP contribution in [0.2, 0.25) is 0 Å². The monoisotopic (exact) mass is 216 g/mol. The first kappa shape index (κ1) is 12.4. The van der Waals surface area contributed by atoms with E-state index in [2.05, 4.69) is 0 Å². The summed E-state index contributed by atoms with van der Waals surface area (Å²) >= 11 is 0. The van der Waals surface area contributed by atoms with Gasteiger partial charge >= 0.3 is 5.97 Å². The molecule has 0 bridgehead atoms. The summed E-state index contributed by atoms with van der Waals surface area (Å²) in [7, 11) is 0. The third kappa shape index (κ3) is 3.77. The zero-order valence-electron chi connectivity index (χ0n) is 9.66. The van der Waals surface area contributed by atoms with Gasteiger partial charge in [0.2, 0.25) is 0 Å². The number of carbonyl (C=O) groups is 1. The number of hydrogen-bond donors (Lipinski definition) is 1. The van der Waals surface area contributed by atoms with Crippen LogP contribution in [-0.2, 0) is 14.4 Å². The summed E-state index contributed by atoms with van der Waals surface area (Å²) in [6.07, 6.45) is 0.154. The predicted molar refractivity (Wildman–Crippen MR) is 55.9 cm³/mol. The van der Waals surface area contributed by atoms with Crippen molar-refractivity contribution in [1.82, 2.24) is 5.06 Å². The summed E-state index contributed by atoms with van der Waals surface area (Å²) in [5.41, 5.74) is 4.85. The summed E-state index contributed by atoms with van der Waals surface area (Å²) in [6, 6.07) is 0. The number of carbonyl (C=O) groups excluding carboxylic acids is 1. The quantitative estimate of drug-likeness (QED) is 0.724. The van der Waals surface area contributed by atoms with E-state index in [1.807, 2.05) is 20.8 Å². The molecule has 1 aliphatic rings. The second-order valence-corrected chi connectivity index (χ2v) is 4.76. The molecule has 0 spiro atoms. The Morgan fingerprint density at radius 3 is 2.53 bits per heavy atom. The van der Waals surface area contributed by atoms with Crippen molar-refractivity contribution in [2.75, 3.05) is 26.2 Å².